The molecule has 3 heterocycles. The van der Waals surface area contributed by atoms with Gasteiger partial charge in [-0.3, -0.25) is 9.36 Å². The fraction of sp³-hybridized carbons (Fsp3) is 0.636. The van der Waals surface area contributed by atoms with Crippen molar-refractivity contribution in [2.75, 3.05) is 12.3 Å². The molecule has 2 aromatic heterocycles. The van der Waals surface area contributed by atoms with Crippen LogP contribution in [0.3, 0.4) is 0 Å². The van der Waals surface area contributed by atoms with Crippen LogP contribution in [0.2, 0.25) is 0 Å². The zero-order valence-corrected chi connectivity index (χ0v) is 18.0. The number of likely N-dealkylation sites (N-methyl/N-ethyl adjacent to an activating group) is 1. The highest BCUT2D eigenvalue weighted by atomic mass is 16.6. The van der Waals surface area contributed by atoms with Crippen LogP contribution in [0.5, 0.6) is 0 Å². The van der Waals surface area contributed by atoms with Gasteiger partial charge in [-0.05, 0) is 38.0 Å². The molecular formula is C22H32N6O5. The van der Waals surface area contributed by atoms with Gasteiger partial charge in [0.15, 0.2) is 23.8 Å². The molecule has 1 saturated heterocycles. The number of ether oxygens (including phenoxy) is 1. The van der Waals surface area contributed by atoms with Crippen LogP contribution in [0, 0.1) is 17.8 Å². The van der Waals surface area contributed by atoms with E-state index in [0.29, 0.717) is 13.0 Å². The summed E-state index contributed by atoms with van der Waals surface area (Å²) in [6.45, 7) is 4.07. The third-order valence-corrected chi connectivity index (χ3v) is 6.22. The zero-order valence-electron chi connectivity index (χ0n) is 18.0. The lowest BCUT2D eigenvalue weighted by Gasteiger charge is -2.33. The minimum atomic E-state index is -1.43. The van der Waals surface area contributed by atoms with Gasteiger partial charge in [0, 0.05) is 6.54 Å². The van der Waals surface area contributed by atoms with Crippen molar-refractivity contribution in [3.63, 3.8) is 0 Å². The summed E-state index contributed by atoms with van der Waals surface area (Å²) in [4.78, 5) is 24.9. The molecule has 2 aliphatic rings. The molecule has 1 amide bonds. The van der Waals surface area contributed by atoms with Crippen LogP contribution in [0.1, 0.15) is 59.0 Å². The Bertz CT molecular complexity index is 1080. The van der Waals surface area contributed by atoms with Gasteiger partial charge in [-0.25, -0.2) is 15.0 Å². The van der Waals surface area contributed by atoms with Crippen molar-refractivity contribution in [3.8, 4) is 11.8 Å². The average Bonchev–Trinajstić information content (AvgIpc) is 3.31. The number of carbonyl (C=O) groups excluding carboxylic acids is 1. The number of nitrogen functional groups attached to an aromatic ring is 1. The van der Waals surface area contributed by atoms with E-state index in [4.69, 9.17) is 10.5 Å². The van der Waals surface area contributed by atoms with Crippen LogP contribution in [0.4, 0.5) is 5.82 Å². The smallest absolute Gasteiger partial charge is 0.252 e. The van der Waals surface area contributed by atoms with Gasteiger partial charge < -0.3 is 31.1 Å². The standard InChI is InChI=1S/C21H28N6O5.CH4/c1-3-23-19(30)16-14(28)15(29)20(32-16)27-10-24-13-17(22)25-12(26-18(13)27)7-9-21(31)8-5-4-6-11(21)2;/h10-11,14-16,20,28-29,31H,3-6,8H2,1-2H3,(H,23,30)(H2,22,25,26);1H4/t11?,14?,15-,16-,20+,21?;/m0./s1. The predicted octanol–water partition coefficient (Wildman–Crippen LogP) is 0.0926. The Balaban J connectivity index is 0.00000306. The van der Waals surface area contributed by atoms with Crippen molar-refractivity contribution in [2.45, 2.75) is 77.1 Å². The summed E-state index contributed by atoms with van der Waals surface area (Å²) in [5.41, 5.74) is 5.44. The van der Waals surface area contributed by atoms with Crippen LogP contribution >= 0.6 is 0 Å². The molecule has 11 nitrogen and oxygen atoms in total. The lowest BCUT2D eigenvalue weighted by Crippen LogP contribution is -2.42. The van der Waals surface area contributed by atoms with Crippen LogP contribution in [0.25, 0.3) is 11.2 Å². The van der Waals surface area contributed by atoms with Gasteiger partial charge in [-0.15, -0.1) is 0 Å². The summed E-state index contributed by atoms with van der Waals surface area (Å²) in [5, 5.41) is 34.3. The first-order valence-electron chi connectivity index (χ1n) is 10.8. The summed E-state index contributed by atoms with van der Waals surface area (Å²) in [5.74, 6) is 5.42. The van der Waals surface area contributed by atoms with Crippen LogP contribution in [-0.2, 0) is 9.53 Å². The molecule has 2 fully saturated rings. The molecule has 6 atom stereocenters. The number of imidazole rings is 1. The quantitative estimate of drug-likeness (QED) is 0.399. The third kappa shape index (κ3) is 4.52. The van der Waals surface area contributed by atoms with Crippen molar-refractivity contribution in [1.82, 2.24) is 24.8 Å². The van der Waals surface area contributed by atoms with E-state index in [1.54, 1.807) is 6.92 Å². The first-order chi connectivity index (χ1) is 15.2. The molecule has 11 heteroatoms. The summed E-state index contributed by atoms with van der Waals surface area (Å²) < 4.78 is 7.04. The van der Waals surface area contributed by atoms with Crippen LogP contribution < -0.4 is 11.1 Å². The molecule has 0 aromatic carbocycles. The third-order valence-electron chi connectivity index (χ3n) is 6.22. The van der Waals surface area contributed by atoms with Gasteiger partial charge in [-0.2, -0.15) is 0 Å². The lowest BCUT2D eigenvalue weighted by atomic mass is 9.77. The molecule has 1 saturated carbocycles. The Labute approximate surface area is 192 Å². The van der Waals surface area contributed by atoms with Crippen molar-refractivity contribution in [3.05, 3.63) is 12.2 Å². The molecule has 1 aliphatic heterocycles. The van der Waals surface area contributed by atoms with Crippen molar-refractivity contribution < 1.29 is 24.9 Å². The molecule has 33 heavy (non-hydrogen) atoms. The van der Waals surface area contributed by atoms with E-state index in [9.17, 15) is 20.1 Å². The topological polar surface area (TPSA) is 169 Å². The minimum absolute atomic E-state index is 0. The van der Waals surface area contributed by atoms with Gasteiger partial charge >= 0.3 is 0 Å². The first-order valence-corrected chi connectivity index (χ1v) is 10.8. The summed E-state index contributed by atoms with van der Waals surface area (Å²) in [6.07, 6.45) is -0.385. The second-order valence-corrected chi connectivity index (χ2v) is 8.40. The molecule has 180 valence electrons. The zero-order chi connectivity index (χ0) is 23.0. The van der Waals surface area contributed by atoms with Crippen molar-refractivity contribution in [2.24, 2.45) is 5.92 Å². The molecule has 0 spiro atoms. The number of carbonyl (C=O) groups is 1. The number of hydrogen-bond acceptors (Lipinski definition) is 9. The first kappa shape index (κ1) is 24.9. The average molecular weight is 461 g/mol. The van der Waals surface area contributed by atoms with Crippen LogP contribution in [0.15, 0.2) is 6.33 Å². The van der Waals surface area contributed by atoms with Gasteiger partial charge in [0.25, 0.3) is 5.91 Å². The van der Waals surface area contributed by atoms with E-state index < -0.39 is 36.0 Å². The van der Waals surface area contributed by atoms with E-state index in [-0.39, 0.29) is 36.2 Å². The molecule has 3 unspecified atom stereocenters. The summed E-state index contributed by atoms with van der Waals surface area (Å²) in [6, 6.07) is 0. The molecule has 4 rings (SSSR count). The Morgan fingerprint density at radius 1 is 1.36 bits per heavy atom. The molecule has 1 aliphatic carbocycles. The maximum Gasteiger partial charge on any atom is 0.252 e. The monoisotopic (exact) mass is 460 g/mol. The van der Waals surface area contributed by atoms with Gasteiger partial charge in [0.05, 0.1) is 6.33 Å². The van der Waals surface area contributed by atoms with E-state index in [1.165, 1.54) is 10.9 Å². The predicted molar refractivity (Wildman–Crippen MR) is 121 cm³/mol. The lowest BCUT2D eigenvalue weighted by molar-refractivity contribution is -0.137. The van der Waals surface area contributed by atoms with E-state index in [1.807, 2.05) is 6.92 Å². The van der Waals surface area contributed by atoms with Gasteiger partial charge in [-0.1, -0.05) is 26.7 Å². The second-order valence-electron chi connectivity index (χ2n) is 8.40. The number of nitrogens with two attached hydrogens (primary N) is 1. The number of hydrogen-bond donors (Lipinski definition) is 5. The Morgan fingerprint density at radius 3 is 2.82 bits per heavy atom. The maximum atomic E-state index is 12.2. The highest BCUT2D eigenvalue weighted by molar-refractivity contribution is 5.83. The number of rotatable bonds is 3. The number of aromatic nitrogens is 4. The normalized spacial score (nSPS) is 31.5. The highest BCUT2D eigenvalue weighted by Crippen LogP contribution is 2.34. The number of fused-ring (bicyclic) bond motifs is 1. The minimum Gasteiger partial charge on any atom is -0.387 e. The van der Waals surface area contributed by atoms with E-state index >= 15 is 0 Å². The Morgan fingerprint density at radius 2 is 2.12 bits per heavy atom. The number of aliphatic hydroxyl groups is 3. The van der Waals surface area contributed by atoms with Crippen molar-refractivity contribution in [1.29, 1.82) is 0 Å². The van der Waals surface area contributed by atoms with Gasteiger partial charge in [0.1, 0.15) is 23.3 Å². The highest BCUT2D eigenvalue weighted by Gasteiger charge is 2.47. The summed E-state index contributed by atoms with van der Waals surface area (Å²) in [7, 11) is 0. The van der Waals surface area contributed by atoms with Crippen molar-refractivity contribution >= 4 is 22.9 Å². The molecule has 2 aromatic rings. The molecule has 6 N–H and O–H groups in total. The largest absolute Gasteiger partial charge is 0.387 e. The fourth-order valence-electron chi connectivity index (χ4n) is 4.24. The molecular weight excluding hydrogens is 428 g/mol. The fourth-order valence-corrected chi connectivity index (χ4v) is 4.24. The second kappa shape index (κ2) is 9.61. The number of nitrogens with zero attached hydrogens (tertiary/aromatic N) is 4. The van der Waals surface area contributed by atoms with E-state index in [0.717, 1.165) is 19.3 Å². The number of anilines is 1. The van der Waals surface area contributed by atoms with Crippen LogP contribution in [-0.4, -0.2) is 71.2 Å². The SMILES string of the molecule is C.CCNC(=O)[C@H]1O[C@@H](n2cnc3c(N)nc(C#CC4(O)CCCCC4C)nc32)[C@@H](O)C1O. The Kier molecular flexibility index (Phi) is 7.23. The Hall–Kier alpha value is -2.78. The maximum absolute atomic E-state index is 12.2. The summed E-state index contributed by atoms with van der Waals surface area (Å²) >= 11 is 0. The number of amides is 1. The number of nitrogens with one attached hydrogen (secondary N) is 1. The number of aliphatic hydroxyl groups excluding tert-OH is 2. The molecule has 0 radical (unpaired) electrons. The van der Waals surface area contributed by atoms with Gasteiger partial charge in [0.2, 0.25) is 5.82 Å². The molecule has 0 bridgehead atoms. The van der Waals surface area contributed by atoms with E-state index in [2.05, 4.69) is 32.1 Å².